The van der Waals surface area contributed by atoms with Crippen LogP contribution in [0.15, 0.2) is 24.2 Å². The van der Waals surface area contributed by atoms with Crippen LogP contribution in [0.3, 0.4) is 0 Å². The van der Waals surface area contributed by atoms with E-state index in [0.29, 0.717) is 12.5 Å². The molecule has 0 radical (unpaired) electrons. The van der Waals surface area contributed by atoms with E-state index in [0.717, 1.165) is 10.5 Å². The molecule has 96 valence electrons. The zero-order valence-electron chi connectivity index (χ0n) is 9.97. The van der Waals surface area contributed by atoms with Gasteiger partial charge in [0.1, 0.15) is 11.4 Å². The molecule has 0 aliphatic carbocycles. The lowest BCUT2D eigenvalue weighted by Crippen LogP contribution is -2.16. The number of carbonyl (C=O) groups excluding carboxylic acids is 1. The molecular formula is C11H14N4O2S. The maximum Gasteiger partial charge on any atom is 0.414 e. The Labute approximate surface area is 108 Å². The van der Waals surface area contributed by atoms with E-state index in [1.54, 1.807) is 17.5 Å². The number of carbonyl (C=O) groups is 1. The molecule has 18 heavy (non-hydrogen) atoms. The lowest BCUT2D eigenvalue weighted by Gasteiger charge is -2.05. The van der Waals surface area contributed by atoms with Crippen LogP contribution in [0.2, 0.25) is 0 Å². The SMILES string of the molecule is C=CCOC(=O)Nc1ncc2scc(CNC)n12. The van der Waals surface area contributed by atoms with Crippen LogP contribution in [0, 0.1) is 0 Å². The molecule has 0 atom stereocenters. The fourth-order valence-corrected chi connectivity index (χ4v) is 2.40. The fourth-order valence-electron chi connectivity index (χ4n) is 1.53. The third kappa shape index (κ3) is 2.52. The zero-order valence-corrected chi connectivity index (χ0v) is 10.8. The number of fused-ring (bicyclic) bond motifs is 1. The minimum absolute atomic E-state index is 0.174. The van der Waals surface area contributed by atoms with Crippen LogP contribution in [-0.4, -0.2) is 29.1 Å². The first-order valence-corrected chi connectivity index (χ1v) is 6.27. The summed E-state index contributed by atoms with van der Waals surface area (Å²) in [6, 6.07) is 0. The molecule has 0 aliphatic rings. The summed E-state index contributed by atoms with van der Waals surface area (Å²) in [6.45, 7) is 4.35. The lowest BCUT2D eigenvalue weighted by molar-refractivity contribution is 0.174. The molecule has 2 heterocycles. The van der Waals surface area contributed by atoms with Crippen molar-refractivity contribution in [1.29, 1.82) is 0 Å². The predicted octanol–water partition coefficient (Wildman–Crippen LogP) is 1.85. The summed E-state index contributed by atoms with van der Waals surface area (Å²) in [5.41, 5.74) is 1.04. The number of imidazole rings is 1. The van der Waals surface area contributed by atoms with Gasteiger partial charge in [-0.05, 0) is 7.05 Å². The Kier molecular flexibility index (Phi) is 3.96. The zero-order chi connectivity index (χ0) is 13.0. The maximum absolute atomic E-state index is 11.5. The van der Waals surface area contributed by atoms with E-state index in [4.69, 9.17) is 4.74 Å². The van der Waals surface area contributed by atoms with E-state index in [1.165, 1.54) is 6.08 Å². The molecule has 6 nitrogen and oxygen atoms in total. The summed E-state index contributed by atoms with van der Waals surface area (Å²) in [6.07, 6.45) is 2.69. The highest BCUT2D eigenvalue weighted by molar-refractivity contribution is 7.15. The van der Waals surface area contributed by atoms with E-state index in [1.807, 2.05) is 16.8 Å². The van der Waals surface area contributed by atoms with Crippen molar-refractivity contribution < 1.29 is 9.53 Å². The molecule has 0 bridgehead atoms. The number of thiazole rings is 1. The number of hydrogen-bond acceptors (Lipinski definition) is 5. The van der Waals surface area contributed by atoms with Crippen molar-refractivity contribution >= 4 is 28.2 Å². The van der Waals surface area contributed by atoms with Crippen LogP contribution in [0.4, 0.5) is 10.7 Å². The van der Waals surface area contributed by atoms with Gasteiger partial charge in [-0.2, -0.15) is 0 Å². The summed E-state index contributed by atoms with van der Waals surface area (Å²) in [7, 11) is 1.87. The van der Waals surface area contributed by atoms with Gasteiger partial charge in [0.05, 0.1) is 11.9 Å². The van der Waals surface area contributed by atoms with E-state index < -0.39 is 6.09 Å². The van der Waals surface area contributed by atoms with Crippen molar-refractivity contribution in [2.75, 3.05) is 19.0 Å². The smallest absolute Gasteiger partial charge is 0.414 e. The van der Waals surface area contributed by atoms with Crippen molar-refractivity contribution in [2.24, 2.45) is 0 Å². The molecule has 0 aliphatic heterocycles. The largest absolute Gasteiger partial charge is 0.445 e. The molecule has 2 N–H and O–H groups in total. The van der Waals surface area contributed by atoms with Crippen molar-refractivity contribution in [2.45, 2.75) is 6.54 Å². The molecule has 2 aromatic heterocycles. The fraction of sp³-hybridized carbons (Fsp3) is 0.273. The highest BCUT2D eigenvalue weighted by atomic mass is 32.1. The third-order valence-electron chi connectivity index (χ3n) is 2.24. The summed E-state index contributed by atoms with van der Waals surface area (Å²) < 4.78 is 6.74. The Morgan fingerprint density at radius 2 is 2.56 bits per heavy atom. The number of aromatic nitrogens is 2. The monoisotopic (exact) mass is 266 g/mol. The summed E-state index contributed by atoms with van der Waals surface area (Å²) in [5.74, 6) is 0.463. The van der Waals surface area contributed by atoms with Gasteiger partial charge in [-0.3, -0.25) is 9.72 Å². The van der Waals surface area contributed by atoms with Crippen LogP contribution in [0.25, 0.3) is 4.83 Å². The number of hydrogen-bond donors (Lipinski definition) is 2. The van der Waals surface area contributed by atoms with Crippen LogP contribution >= 0.6 is 11.3 Å². The van der Waals surface area contributed by atoms with Gasteiger partial charge in [-0.1, -0.05) is 12.7 Å². The van der Waals surface area contributed by atoms with Crippen LogP contribution < -0.4 is 10.6 Å². The van der Waals surface area contributed by atoms with E-state index >= 15 is 0 Å². The van der Waals surface area contributed by atoms with Crippen LogP contribution in [0.1, 0.15) is 5.69 Å². The molecule has 0 unspecified atom stereocenters. The van der Waals surface area contributed by atoms with Crippen LogP contribution in [-0.2, 0) is 11.3 Å². The van der Waals surface area contributed by atoms with Gasteiger partial charge >= 0.3 is 6.09 Å². The molecule has 7 heteroatoms. The molecule has 0 saturated heterocycles. The van der Waals surface area contributed by atoms with E-state index in [-0.39, 0.29) is 6.61 Å². The second kappa shape index (κ2) is 5.65. The Morgan fingerprint density at radius 3 is 3.28 bits per heavy atom. The molecular weight excluding hydrogens is 252 g/mol. The van der Waals surface area contributed by atoms with Gasteiger partial charge in [0.2, 0.25) is 5.95 Å². The molecule has 1 amide bonds. The van der Waals surface area contributed by atoms with Crippen molar-refractivity contribution in [1.82, 2.24) is 14.7 Å². The number of nitrogens with zero attached hydrogens (tertiary/aromatic N) is 2. The van der Waals surface area contributed by atoms with E-state index in [2.05, 4.69) is 22.2 Å². The summed E-state index contributed by atoms with van der Waals surface area (Å²) in [4.78, 5) is 16.6. The minimum Gasteiger partial charge on any atom is -0.445 e. The first-order valence-electron chi connectivity index (χ1n) is 5.39. The van der Waals surface area contributed by atoms with Crippen molar-refractivity contribution in [3.63, 3.8) is 0 Å². The maximum atomic E-state index is 11.5. The second-order valence-electron chi connectivity index (χ2n) is 3.52. The first kappa shape index (κ1) is 12.6. The Balaban J connectivity index is 2.19. The molecule has 2 aromatic rings. The van der Waals surface area contributed by atoms with Gasteiger partial charge < -0.3 is 10.1 Å². The van der Waals surface area contributed by atoms with Gasteiger partial charge in [-0.15, -0.1) is 11.3 Å². The molecule has 0 aromatic carbocycles. The Hall–Kier alpha value is -1.86. The molecule has 0 spiro atoms. The summed E-state index contributed by atoms with van der Waals surface area (Å²) in [5, 5.41) is 7.70. The second-order valence-corrected chi connectivity index (χ2v) is 4.41. The number of anilines is 1. The predicted molar refractivity (Wildman–Crippen MR) is 71.0 cm³/mol. The highest BCUT2D eigenvalue weighted by Gasteiger charge is 2.12. The number of amides is 1. The molecule has 0 saturated carbocycles. The van der Waals surface area contributed by atoms with Gasteiger partial charge in [0.15, 0.2) is 0 Å². The van der Waals surface area contributed by atoms with Crippen LogP contribution in [0.5, 0.6) is 0 Å². The number of rotatable bonds is 5. The lowest BCUT2D eigenvalue weighted by atomic mass is 10.5. The van der Waals surface area contributed by atoms with Crippen molar-refractivity contribution in [3.8, 4) is 0 Å². The average molecular weight is 266 g/mol. The first-order chi connectivity index (χ1) is 8.76. The summed E-state index contributed by atoms with van der Waals surface area (Å²) >= 11 is 1.57. The average Bonchev–Trinajstić information content (AvgIpc) is 2.92. The molecule has 0 fully saturated rings. The van der Waals surface area contributed by atoms with Gasteiger partial charge in [0, 0.05) is 11.9 Å². The quantitative estimate of drug-likeness (QED) is 0.810. The minimum atomic E-state index is -0.538. The van der Waals surface area contributed by atoms with E-state index in [9.17, 15) is 4.79 Å². The Morgan fingerprint density at radius 1 is 1.72 bits per heavy atom. The van der Waals surface area contributed by atoms with Gasteiger partial charge in [0.25, 0.3) is 0 Å². The molecule has 2 rings (SSSR count). The third-order valence-corrected chi connectivity index (χ3v) is 3.16. The normalized spacial score (nSPS) is 10.5. The Bertz CT molecular complexity index is 560. The van der Waals surface area contributed by atoms with Crippen molar-refractivity contribution in [3.05, 3.63) is 29.9 Å². The standard InChI is InChI=1S/C11H14N4O2S/c1-3-4-17-11(16)14-10-13-6-9-15(10)8(5-12-2)7-18-9/h3,6-7,12H,1,4-5H2,2H3,(H,13,14,16). The topological polar surface area (TPSA) is 67.7 Å². The number of nitrogens with one attached hydrogen (secondary N) is 2. The number of ether oxygens (including phenoxy) is 1. The van der Waals surface area contributed by atoms with Gasteiger partial charge in [-0.25, -0.2) is 9.78 Å². The highest BCUT2D eigenvalue weighted by Crippen LogP contribution is 2.21.